The second-order valence-electron chi connectivity index (χ2n) is 7.55. The molecule has 1 aliphatic rings. The smallest absolute Gasteiger partial charge is 0.237 e. The van der Waals surface area contributed by atoms with Gasteiger partial charge in [0.25, 0.3) is 0 Å². The van der Waals surface area contributed by atoms with E-state index in [9.17, 15) is 4.79 Å². The van der Waals surface area contributed by atoms with Gasteiger partial charge in [-0.1, -0.05) is 73.5 Å². The van der Waals surface area contributed by atoms with Gasteiger partial charge < -0.3 is 10.2 Å². The Morgan fingerprint density at radius 1 is 0.793 bits per heavy atom. The lowest BCUT2D eigenvalue weighted by Crippen LogP contribution is -2.25. The number of carbonyl (C=O) groups excluding carboxylic acids is 1. The number of pyridine rings is 1. The van der Waals surface area contributed by atoms with Crippen LogP contribution in [0.25, 0.3) is 0 Å². The van der Waals surface area contributed by atoms with Gasteiger partial charge in [0.05, 0.1) is 17.8 Å². The Hall–Kier alpha value is -3.14. The first-order valence-corrected chi connectivity index (χ1v) is 10.4. The summed E-state index contributed by atoms with van der Waals surface area (Å²) in [5.74, 6) is 0.146. The van der Waals surface area contributed by atoms with Crippen molar-refractivity contribution in [2.75, 3.05) is 23.3 Å². The average molecular weight is 386 g/mol. The number of amides is 1. The first kappa shape index (κ1) is 19.2. The van der Waals surface area contributed by atoms with Crippen LogP contribution < -0.4 is 10.2 Å². The molecule has 1 amide bonds. The average Bonchev–Trinajstić information content (AvgIpc) is 3.06. The summed E-state index contributed by atoms with van der Waals surface area (Å²) in [7, 11) is 0. The Balaban J connectivity index is 1.52. The molecule has 0 saturated carbocycles. The lowest BCUT2D eigenvalue weighted by Gasteiger charge is -2.22. The zero-order valence-electron chi connectivity index (χ0n) is 16.6. The van der Waals surface area contributed by atoms with Crippen LogP contribution >= 0.6 is 0 Å². The van der Waals surface area contributed by atoms with Gasteiger partial charge in [-0.3, -0.25) is 4.79 Å². The molecule has 0 spiro atoms. The van der Waals surface area contributed by atoms with Crippen LogP contribution in [0.1, 0.15) is 42.7 Å². The van der Waals surface area contributed by atoms with E-state index >= 15 is 0 Å². The van der Waals surface area contributed by atoms with Crippen LogP contribution in [0.4, 0.5) is 11.5 Å². The van der Waals surface area contributed by atoms with Crippen LogP contribution in [0.15, 0.2) is 79.0 Å². The van der Waals surface area contributed by atoms with Crippen molar-refractivity contribution >= 4 is 17.4 Å². The lowest BCUT2D eigenvalue weighted by molar-refractivity contribution is -0.116. The molecule has 1 fully saturated rings. The quantitative estimate of drug-likeness (QED) is 0.654. The van der Waals surface area contributed by atoms with Crippen molar-refractivity contribution in [2.24, 2.45) is 0 Å². The van der Waals surface area contributed by atoms with E-state index in [1.165, 1.54) is 25.7 Å². The first-order valence-electron chi connectivity index (χ1n) is 10.4. The van der Waals surface area contributed by atoms with E-state index in [1.807, 2.05) is 72.9 Å². The molecule has 0 radical (unpaired) electrons. The van der Waals surface area contributed by atoms with Crippen molar-refractivity contribution in [3.8, 4) is 0 Å². The first-order chi connectivity index (χ1) is 14.3. The van der Waals surface area contributed by atoms with E-state index in [0.717, 1.165) is 29.9 Å². The number of hydrogen-bond acceptors (Lipinski definition) is 3. The van der Waals surface area contributed by atoms with Gasteiger partial charge in [-0.2, -0.15) is 0 Å². The molecule has 4 heteroatoms. The maximum atomic E-state index is 13.2. The fourth-order valence-corrected chi connectivity index (χ4v) is 3.96. The minimum absolute atomic E-state index is 0.0718. The lowest BCUT2D eigenvalue weighted by atomic mass is 9.90. The second-order valence-corrected chi connectivity index (χ2v) is 7.55. The van der Waals surface area contributed by atoms with Crippen molar-refractivity contribution in [3.63, 3.8) is 0 Å². The Morgan fingerprint density at radius 2 is 1.38 bits per heavy atom. The molecule has 29 heavy (non-hydrogen) atoms. The number of carbonyl (C=O) groups is 1. The molecule has 3 aromatic rings. The Kier molecular flexibility index (Phi) is 6.20. The van der Waals surface area contributed by atoms with Crippen LogP contribution in [0.2, 0.25) is 0 Å². The van der Waals surface area contributed by atoms with Gasteiger partial charge in [-0.15, -0.1) is 0 Å². The summed E-state index contributed by atoms with van der Waals surface area (Å²) in [5.41, 5.74) is 3.07. The van der Waals surface area contributed by atoms with Gasteiger partial charge in [-0.25, -0.2) is 4.98 Å². The summed E-state index contributed by atoms with van der Waals surface area (Å²) in [6, 6.07) is 23.7. The van der Waals surface area contributed by atoms with Gasteiger partial charge in [0.2, 0.25) is 5.91 Å². The van der Waals surface area contributed by atoms with Crippen molar-refractivity contribution in [2.45, 2.75) is 31.6 Å². The Morgan fingerprint density at radius 3 is 1.90 bits per heavy atom. The van der Waals surface area contributed by atoms with Crippen molar-refractivity contribution in [1.82, 2.24) is 4.98 Å². The fraction of sp³-hybridized carbons (Fsp3) is 0.280. The molecule has 0 atom stereocenters. The Bertz CT molecular complexity index is 862. The molecule has 4 nitrogen and oxygen atoms in total. The van der Waals surface area contributed by atoms with Gasteiger partial charge in [0.15, 0.2) is 0 Å². The number of rotatable bonds is 5. The maximum absolute atomic E-state index is 13.2. The highest BCUT2D eigenvalue weighted by molar-refractivity contribution is 5.97. The zero-order valence-corrected chi connectivity index (χ0v) is 16.6. The Labute approximate surface area is 172 Å². The molecule has 0 bridgehead atoms. The largest absolute Gasteiger partial charge is 0.370 e. The standard InChI is InChI=1S/C25H27N3O/c29-25(24(20-11-5-3-6-12-20)21-13-7-4-8-14-21)27-23-16-15-22(19-26-23)28-17-9-1-2-10-18-28/h3-8,11-16,19,24H,1-2,9-10,17-18H2,(H,26,27,29). The predicted molar refractivity (Wildman–Crippen MR) is 118 cm³/mol. The second kappa shape index (κ2) is 9.37. The molecular formula is C25H27N3O. The highest BCUT2D eigenvalue weighted by Crippen LogP contribution is 2.26. The highest BCUT2D eigenvalue weighted by atomic mass is 16.1. The van der Waals surface area contributed by atoms with Crippen LogP contribution in [0, 0.1) is 0 Å². The summed E-state index contributed by atoms with van der Waals surface area (Å²) in [6.07, 6.45) is 6.94. The van der Waals surface area contributed by atoms with Crippen molar-refractivity contribution in [3.05, 3.63) is 90.1 Å². The third-order valence-corrected chi connectivity index (χ3v) is 5.50. The predicted octanol–water partition coefficient (Wildman–Crippen LogP) is 5.23. The van der Waals surface area contributed by atoms with Gasteiger partial charge in [0, 0.05) is 13.1 Å². The van der Waals surface area contributed by atoms with E-state index in [4.69, 9.17) is 0 Å². The maximum Gasteiger partial charge on any atom is 0.237 e. The van der Waals surface area contributed by atoms with Crippen LogP contribution in [0.5, 0.6) is 0 Å². The summed E-state index contributed by atoms with van der Waals surface area (Å²) < 4.78 is 0. The summed E-state index contributed by atoms with van der Waals surface area (Å²) in [5, 5.41) is 3.01. The molecule has 1 saturated heterocycles. The van der Waals surface area contributed by atoms with Crippen LogP contribution in [-0.2, 0) is 4.79 Å². The normalized spacial score (nSPS) is 14.4. The van der Waals surface area contributed by atoms with Gasteiger partial charge in [-0.05, 0) is 36.1 Å². The summed E-state index contributed by atoms with van der Waals surface area (Å²) in [6.45, 7) is 2.16. The molecule has 2 aromatic carbocycles. The zero-order chi connectivity index (χ0) is 19.9. The van der Waals surface area contributed by atoms with Crippen LogP contribution in [-0.4, -0.2) is 24.0 Å². The minimum atomic E-state index is -0.371. The third-order valence-electron chi connectivity index (χ3n) is 5.50. The number of benzene rings is 2. The number of hydrogen-bond donors (Lipinski definition) is 1. The molecule has 0 aliphatic carbocycles. The van der Waals surface area contributed by atoms with E-state index < -0.39 is 0 Å². The topological polar surface area (TPSA) is 45.2 Å². The molecule has 0 unspecified atom stereocenters. The molecule has 2 heterocycles. The SMILES string of the molecule is O=C(Nc1ccc(N2CCCCCC2)cn1)C(c1ccccc1)c1ccccc1. The number of anilines is 2. The molecular weight excluding hydrogens is 358 g/mol. The van der Waals surface area contributed by atoms with E-state index in [2.05, 4.69) is 21.3 Å². The summed E-state index contributed by atoms with van der Waals surface area (Å²) >= 11 is 0. The van der Waals surface area contributed by atoms with Gasteiger partial charge in [0.1, 0.15) is 5.82 Å². The van der Waals surface area contributed by atoms with Crippen molar-refractivity contribution in [1.29, 1.82) is 0 Å². The van der Waals surface area contributed by atoms with E-state index in [-0.39, 0.29) is 11.8 Å². The molecule has 1 N–H and O–H groups in total. The number of nitrogens with one attached hydrogen (secondary N) is 1. The van der Waals surface area contributed by atoms with Gasteiger partial charge >= 0.3 is 0 Å². The third kappa shape index (κ3) is 4.83. The molecule has 1 aliphatic heterocycles. The minimum Gasteiger partial charge on any atom is -0.370 e. The molecule has 1 aromatic heterocycles. The molecule has 4 rings (SSSR count). The highest BCUT2D eigenvalue weighted by Gasteiger charge is 2.23. The monoisotopic (exact) mass is 385 g/mol. The fourth-order valence-electron chi connectivity index (χ4n) is 3.96. The van der Waals surface area contributed by atoms with E-state index in [1.54, 1.807) is 0 Å². The molecule has 148 valence electrons. The number of nitrogens with zero attached hydrogens (tertiary/aromatic N) is 2. The van der Waals surface area contributed by atoms with Crippen LogP contribution in [0.3, 0.4) is 0 Å². The summed E-state index contributed by atoms with van der Waals surface area (Å²) in [4.78, 5) is 20.1. The number of aromatic nitrogens is 1. The van der Waals surface area contributed by atoms with E-state index in [0.29, 0.717) is 5.82 Å². The van der Waals surface area contributed by atoms with Crippen molar-refractivity contribution < 1.29 is 4.79 Å².